The fraction of sp³-hybridized carbons (Fsp3) is 0.615. The van der Waals surface area contributed by atoms with Gasteiger partial charge >= 0.3 is 0 Å². The van der Waals surface area contributed by atoms with E-state index in [0.29, 0.717) is 17.5 Å². The van der Waals surface area contributed by atoms with Crippen LogP contribution in [0.25, 0.3) is 0 Å². The van der Waals surface area contributed by atoms with Gasteiger partial charge in [-0.25, -0.2) is 9.97 Å². The van der Waals surface area contributed by atoms with Gasteiger partial charge in [-0.05, 0) is 31.6 Å². The van der Waals surface area contributed by atoms with Crippen LogP contribution in [0.5, 0.6) is 5.88 Å². The Balaban J connectivity index is 2.01. The van der Waals surface area contributed by atoms with Crippen molar-refractivity contribution in [3.8, 4) is 5.88 Å². The number of hydrogen-bond acceptors (Lipinski definition) is 4. The lowest BCUT2D eigenvalue weighted by Gasteiger charge is -2.30. The molecule has 0 saturated heterocycles. The second-order valence-corrected chi connectivity index (χ2v) is 5.15. The number of nitrogens with two attached hydrogens (primary N) is 1. The first kappa shape index (κ1) is 13.2. The molecule has 0 amide bonds. The third-order valence-electron chi connectivity index (χ3n) is 3.52. The van der Waals surface area contributed by atoms with Crippen molar-refractivity contribution in [1.82, 2.24) is 9.97 Å². The number of thiocarbonyl (C=S) groups is 1. The minimum Gasteiger partial charge on any atom is -0.473 e. The van der Waals surface area contributed by atoms with Crippen molar-refractivity contribution in [3.05, 3.63) is 18.1 Å². The van der Waals surface area contributed by atoms with E-state index in [-0.39, 0.29) is 11.1 Å². The van der Waals surface area contributed by atoms with Crippen LogP contribution in [-0.4, -0.2) is 21.1 Å². The predicted octanol–water partition coefficient (Wildman–Crippen LogP) is 2.46. The molecule has 2 atom stereocenters. The molecule has 0 aromatic carbocycles. The molecule has 5 heteroatoms. The van der Waals surface area contributed by atoms with Gasteiger partial charge in [0.1, 0.15) is 16.8 Å². The van der Waals surface area contributed by atoms with E-state index in [1.165, 1.54) is 19.3 Å². The van der Waals surface area contributed by atoms with Gasteiger partial charge in [-0.3, -0.25) is 0 Å². The van der Waals surface area contributed by atoms with Gasteiger partial charge in [-0.2, -0.15) is 0 Å². The maximum atomic E-state index is 5.94. The Bertz CT molecular complexity index is 407. The van der Waals surface area contributed by atoms with E-state index in [0.717, 1.165) is 12.8 Å². The van der Waals surface area contributed by atoms with E-state index in [9.17, 15) is 0 Å². The van der Waals surface area contributed by atoms with Crippen molar-refractivity contribution in [2.75, 3.05) is 0 Å². The molecule has 18 heavy (non-hydrogen) atoms. The van der Waals surface area contributed by atoms with Gasteiger partial charge in [0, 0.05) is 0 Å². The molecular formula is C13H19N3OS. The molecule has 0 radical (unpaired) electrons. The molecule has 0 aliphatic heterocycles. The molecule has 1 aromatic heterocycles. The first-order chi connectivity index (χ1) is 8.70. The number of hydrogen-bond donors (Lipinski definition) is 1. The van der Waals surface area contributed by atoms with E-state index in [4.69, 9.17) is 22.7 Å². The Hall–Kier alpha value is -1.23. The van der Waals surface area contributed by atoms with Gasteiger partial charge < -0.3 is 10.5 Å². The summed E-state index contributed by atoms with van der Waals surface area (Å²) < 4.78 is 5.94. The SMILES string of the molecule is CCC1CCCCC1Oc1cnc(C(N)=S)cn1. The summed E-state index contributed by atoms with van der Waals surface area (Å²) in [5.74, 6) is 1.20. The van der Waals surface area contributed by atoms with E-state index in [1.54, 1.807) is 12.4 Å². The summed E-state index contributed by atoms with van der Waals surface area (Å²) in [7, 11) is 0. The molecule has 1 heterocycles. The zero-order valence-electron chi connectivity index (χ0n) is 10.6. The Kier molecular flexibility index (Phi) is 4.47. The van der Waals surface area contributed by atoms with Crippen molar-refractivity contribution < 1.29 is 4.74 Å². The lowest BCUT2D eigenvalue weighted by atomic mass is 9.85. The first-order valence-corrected chi connectivity index (χ1v) is 6.90. The zero-order chi connectivity index (χ0) is 13.0. The molecule has 0 bridgehead atoms. The van der Waals surface area contributed by atoms with Crippen LogP contribution < -0.4 is 10.5 Å². The van der Waals surface area contributed by atoms with Gasteiger partial charge in [-0.15, -0.1) is 0 Å². The summed E-state index contributed by atoms with van der Waals surface area (Å²) in [6, 6.07) is 0. The van der Waals surface area contributed by atoms with Gasteiger partial charge in [0.25, 0.3) is 0 Å². The average molecular weight is 265 g/mol. The topological polar surface area (TPSA) is 61.0 Å². The molecule has 2 unspecified atom stereocenters. The maximum Gasteiger partial charge on any atom is 0.232 e. The molecular weight excluding hydrogens is 246 g/mol. The smallest absolute Gasteiger partial charge is 0.232 e. The van der Waals surface area contributed by atoms with Crippen LogP contribution in [0.2, 0.25) is 0 Å². The van der Waals surface area contributed by atoms with Crippen LogP contribution in [0.4, 0.5) is 0 Å². The molecule has 1 fully saturated rings. The molecule has 1 aliphatic rings. The Morgan fingerprint density at radius 1 is 1.39 bits per heavy atom. The summed E-state index contributed by atoms with van der Waals surface area (Å²) in [4.78, 5) is 8.61. The van der Waals surface area contributed by atoms with E-state index < -0.39 is 0 Å². The Morgan fingerprint density at radius 2 is 2.17 bits per heavy atom. The van der Waals surface area contributed by atoms with E-state index in [1.807, 2.05) is 0 Å². The second kappa shape index (κ2) is 6.09. The molecule has 4 nitrogen and oxygen atoms in total. The minimum atomic E-state index is 0.262. The summed E-state index contributed by atoms with van der Waals surface area (Å²) in [6.07, 6.45) is 9.51. The maximum absolute atomic E-state index is 5.94. The van der Waals surface area contributed by atoms with Crippen LogP contribution in [-0.2, 0) is 0 Å². The number of rotatable bonds is 4. The summed E-state index contributed by atoms with van der Waals surface area (Å²) in [5.41, 5.74) is 6.02. The third-order valence-corrected chi connectivity index (χ3v) is 3.73. The van der Waals surface area contributed by atoms with Crippen LogP contribution in [0.1, 0.15) is 44.7 Å². The number of aromatic nitrogens is 2. The molecule has 98 valence electrons. The quantitative estimate of drug-likeness (QED) is 0.847. The van der Waals surface area contributed by atoms with Gasteiger partial charge in [0.2, 0.25) is 5.88 Å². The average Bonchev–Trinajstić information content (AvgIpc) is 2.40. The zero-order valence-corrected chi connectivity index (χ0v) is 11.4. The van der Waals surface area contributed by atoms with Crippen molar-refractivity contribution in [2.24, 2.45) is 11.7 Å². The molecule has 1 saturated carbocycles. The molecule has 2 N–H and O–H groups in total. The molecule has 1 aromatic rings. The Morgan fingerprint density at radius 3 is 2.78 bits per heavy atom. The highest BCUT2D eigenvalue weighted by molar-refractivity contribution is 7.80. The summed E-state index contributed by atoms with van der Waals surface area (Å²) >= 11 is 4.84. The highest BCUT2D eigenvalue weighted by atomic mass is 32.1. The largest absolute Gasteiger partial charge is 0.473 e. The first-order valence-electron chi connectivity index (χ1n) is 6.49. The predicted molar refractivity (Wildman–Crippen MR) is 74.6 cm³/mol. The molecule has 1 aliphatic carbocycles. The van der Waals surface area contributed by atoms with Crippen LogP contribution in [0, 0.1) is 5.92 Å². The lowest BCUT2D eigenvalue weighted by molar-refractivity contribution is 0.0854. The van der Waals surface area contributed by atoms with Crippen LogP contribution in [0.3, 0.4) is 0 Å². The normalized spacial score (nSPS) is 23.6. The highest BCUT2D eigenvalue weighted by Gasteiger charge is 2.25. The van der Waals surface area contributed by atoms with Crippen molar-refractivity contribution in [3.63, 3.8) is 0 Å². The van der Waals surface area contributed by atoms with Crippen molar-refractivity contribution in [2.45, 2.75) is 45.1 Å². The second-order valence-electron chi connectivity index (χ2n) is 4.71. The van der Waals surface area contributed by atoms with Crippen LogP contribution in [0.15, 0.2) is 12.4 Å². The summed E-state index contributed by atoms with van der Waals surface area (Å²) in [5, 5.41) is 0. The standard InChI is InChI=1S/C13H19N3OS/c1-2-9-5-3-4-6-11(9)17-12-8-15-10(7-16-12)13(14)18/h7-9,11H,2-6H2,1H3,(H2,14,18). The van der Waals surface area contributed by atoms with Gasteiger partial charge in [-0.1, -0.05) is 25.6 Å². The highest BCUT2D eigenvalue weighted by Crippen LogP contribution is 2.29. The van der Waals surface area contributed by atoms with Crippen molar-refractivity contribution in [1.29, 1.82) is 0 Å². The fourth-order valence-corrected chi connectivity index (χ4v) is 2.56. The van der Waals surface area contributed by atoms with Crippen LogP contribution >= 0.6 is 12.2 Å². The van der Waals surface area contributed by atoms with Crippen molar-refractivity contribution >= 4 is 17.2 Å². The molecule has 0 spiro atoms. The number of nitrogens with zero attached hydrogens (tertiary/aromatic N) is 2. The fourth-order valence-electron chi connectivity index (χ4n) is 2.46. The van der Waals surface area contributed by atoms with E-state index >= 15 is 0 Å². The lowest BCUT2D eigenvalue weighted by Crippen LogP contribution is -2.30. The van der Waals surface area contributed by atoms with Gasteiger partial charge in [0.15, 0.2) is 0 Å². The van der Waals surface area contributed by atoms with Gasteiger partial charge in [0.05, 0.1) is 12.4 Å². The minimum absolute atomic E-state index is 0.262. The van der Waals surface area contributed by atoms with E-state index in [2.05, 4.69) is 16.9 Å². The molecule has 2 rings (SSSR count). The number of ether oxygens (including phenoxy) is 1. The third kappa shape index (κ3) is 3.16. The monoisotopic (exact) mass is 265 g/mol. The Labute approximate surface area is 113 Å². The summed E-state index contributed by atoms with van der Waals surface area (Å²) in [6.45, 7) is 2.22.